The molecule has 0 unspecified atom stereocenters. The van der Waals surface area contributed by atoms with E-state index in [1.165, 1.54) is 29.5 Å². The quantitative estimate of drug-likeness (QED) is 0.861. The van der Waals surface area contributed by atoms with E-state index >= 15 is 0 Å². The van der Waals surface area contributed by atoms with Crippen molar-refractivity contribution in [2.45, 2.75) is 30.6 Å². The SMILES string of the molecule is O=C(NCCN1CCC2(C=Cc3ccccc32)CC1)[C@H]1C[C@@H]1c1ccccc1. The first-order valence-corrected chi connectivity index (χ1v) is 10.6. The summed E-state index contributed by atoms with van der Waals surface area (Å²) in [6.45, 7) is 3.92. The van der Waals surface area contributed by atoms with Gasteiger partial charge in [0, 0.05) is 24.4 Å². The van der Waals surface area contributed by atoms with Crippen LogP contribution in [0.3, 0.4) is 0 Å². The number of fused-ring (bicyclic) bond motifs is 2. The standard InChI is InChI=1S/C25H28N2O/c28-24(22-18-21(22)19-6-2-1-3-7-19)26-14-17-27-15-12-25(13-16-27)11-10-20-8-4-5-9-23(20)25/h1-11,21-22H,12-18H2,(H,26,28)/t21-,22+/m1/s1. The molecule has 0 bridgehead atoms. The number of nitrogens with one attached hydrogen (secondary N) is 1. The van der Waals surface area contributed by atoms with E-state index in [9.17, 15) is 4.79 Å². The molecule has 5 rings (SSSR count). The zero-order valence-corrected chi connectivity index (χ0v) is 16.3. The molecular weight excluding hydrogens is 344 g/mol. The predicted octanol–water partition coefficient (Wildman–Crippen LogP) is 3.97. The smallest absolute Gasteiger partial charge is 0.223 e. The van der Waals surface area contributed by atoms with Crippen LogP contribution in [0.5, 0.6) is 0 Å². The van der Waals surface area contributed by atoms with E-state index in [0.29, 0.717) is 5.92 Å². The lowest BCUT2D eigenvalue weighted by Crippen LogP contribution is -2.44. The Balaban J connectivity index is 1.08. The molecule has 0 aromatic heterocycles. The Labute approximate surface area is 167 Å². The summed E-state index contributed by atoms with van der Waals surface area (Å²) in [7, 11) is 0. The van der Waals surface area contributed by atoms with Gasteiger partial charge in [-0.25, -0.2) is 0 Å². The predicted molar refractivity (Wildman–Crippen MR) is 113 cm³/mol. The van der Waals surface area contributed by atoms with Crippen LogP contribution in [0.1, 0.15) is 41.9 Å². The van der Waals surface area contributed by atoms with Crippen molar-refractivity contribution in [1.29, 1.82) is 0 Å². The fraction of sp³-hybridized carbons (Fsp3) is 0.400. The number of hydrogen-bond donors (Lipinski definition) is 1. The van der Waals surface area contributed by atoms with Crippen LogP contribution < -0.4 is 5.32 Å². The van der Waals surface area contributed by atoms with Gasteiger partial charge in [-0.05, 0) is 55.0 Å². The molecule has 1 amide bonds. The van der Waals surface area contributed by atoms with Crippen molar-refractivity contribution >= 4 is 12.0 Å². The number of rotatable bonds is 5. The van der Waals surface area contributed by atoms with Gasteiger partial charge in [-0.1, -0.05) is 66.7 Å². The molecule has 3 nitrogen and oxygen atoms in total. The van der Waals surface area contributed by atoms with Crippen molar-refractivity contribution in [3.8, 4) is 0 Å². The molecule has 1 saturated carbocycles. The minimum Gasteiger partial charge on any atom is -0.355 e. The average molecular weight is 373 g/mol. The Kier molecular flexibility index (Phi) is 4.56. The number of carbonyl (C=O) groups is 1. The summed E-state index contributed by atoms with van der Waals surface area (Å²) in [5.74, 6) is 0.826. The monoisotopic (exact) mass is 372 g/mol. The summed E-state index contributed by atoms with van der Waals surface area (Å²) in [5, 5.41) is 3.17. The number of hydrogen-bond acceptors (Lipinski definition) is 2. The molecule has 1 N–H and O–H groups in total. The van der Waals surface area contributed by atoms with Crippen LogP contribution in [0.15, 0.2) is 60.7 Å². The first kappa shape index (κ1) is 17.7. The van der Waals surface area contributed by atoms with Gasteiger partial charge in [-0.3, -0.25) is 4.79 Å². The van der Waals surface area contributed by atoms with Crippen LogP contribution in [-0.4, -0.2) is 37.0 Å². The van der Waals surface area contributed by atoms with E-state index in [-0.39, 0.29) is 17.2 Å². The van der Waals surface area contributed by atoms with E-state index < -0.39 is 0 Å². The molecule has 144 valence electrons. The van der Waals surface area contributed by atoms with Crippen LogP contribution in [0.4, 0.5) is 0 Å². The van der Waals surface area contributed by atoms with Gasteiger partial charge in [-0.2, -0.15) is 0 Å². The van der Waals surface area contributed by atoms with Crippen molar-refractivity contribution in [1.82, 2.24) is 10.2 Å². The Bertz CT molecular complexity index is 880. The molecule has 0 radical (unpaired) electrons. The average Bonchev–Trinajstić information content (AvgIpc) is 3.48. The molecule has 2 aromatic rings. The molecule has 1 saturated heterocycles. The topological polar surface area (TPSA) is 32.3 Å². The van der Waals surface area contributed by atoms with Crippen molar-refractivity contribution in [2.75, 3.05) is 26.2 Å². The minimum atomic E-state index is 0.173. The summed E-state index contributed by atoms with van der Waals surface area (Å²) in [4.78, 5) is 14.9. The lowest BCUT2D eigenvalue weighted by atomic mass is 9.74. The molecule has 1 aliphatic heterocycles. The van der Waals surface area contributed by atoms with Gasteiger partial charge in [0.25, 0.3) is 0 Å². The van der Waals surface area contributed by atoms with Crippen molar-refractivity contribution in [2.24, 2.45) is 5.92 Å². The van der Waals surface area contributed by atoms with Gasteiger partial charge in [0.15, 0.2) is 0 Å². The molecule has 2 fully saturated rings. The van der Waals surface area contributed by atoms with Crippen LogP contribution in [0, 0.1) is 5.92 Å². The third-order valence-corrected chi connectivity index (χ3v) is 6.91. The highest BCUT2D eigenvalue weighted by atomic mass is 16.2. The van der Waals surface area contributed by atoms with E-state index in [2.05, 4.69) is 70.9 Å². The van der Waals surface area contributed by atoms with Gasteiger partial charge in [0.05, 0.1) is 0 Å². The molecule has 2 aliphatic carbocycles. The Morgan fingerprint density at radius 2 is 1.79 bits per heavy atom. The molecule has 3 heteroatoms. The van der Waals surface area contributed by atoms with Gasteiger partial charge >= 0.3 is 0 Å². The maximum atomic E-state index is 12.4. The Hall–Kier alpha value is -2.39. The van der Waals surface area contributed by atoms with Crippen LogP contribution in [0.2, 0.25) is 0 Å². The van der Waals surface area contributed by atoms with Gasteiger partial charge in [0.1, 0.15) is 0 Å². The normalized spacial score (nSPS) is 24.9. The second-order valence-electron chi connectivity index (χ2n) is 8.57. The number of benzene rings is 2. The van der Waals surface area contributed by atoms with Crippen molar-refractivity contribution < 1.29 is 4.79 Å². The maximum Gasteiger partial charge on any atom is 0.223 e. The molecule has 2 atom stereocenters. The third-order valence-electron chi connectivity index (χ3n) is 6.91. The first-order valence-electron chi connectivity index (χ1n) is 10.6. The summed E-state index contributed by atoms with van der Waals surface area (Å²) >= 11 is 0. The molecule has 1 spiro atoms. The summed E-state index contributed by atoms with van der Waals surface area (Å²) < 4.78 is 0. The molecular formula is C25H28N2O. The summed E-state index contributed by atoms with van der Waals surface area (Å²) in [5.41, 5.74) is 4.44. The number of carbonyl (C=O) groups excluding carboxylic acids is 1. The molecule has 3 aliphatic rings. The van der Waals surface area contributed by atoms with Crippen molar-refractivity contribution in [3.63, 3.8) is 0 Å². The lowest BCUT2D eigenvalue weighted by Gasteiger charge is -2.39. The highest BCUT2D eigenvalue weighted by molar-refractivity contribution is 5.82. The molecule has 28 heavy (non-hydrogen) atoms. The second kappa shape index (κ2) is 7.21. The number of allylic oxidation sites excluding steroid dienone is 1. The van der Waals surface area contributed by atoms with Crippen molar-refractivity contribution in [3.05, 3.63) is 77.4 Å². The zero-order valence-electron chi connectivity index (χ0n) is 16.3. The molecule has 2 aromatic carbocycles. The Morgan fingerprint density at radius 3 is 2.61 bits per heavy atom. The van der Waals surface area contributed by atoms with Gasteiger partial charge in [0.2, 0.25) is 5.91 Å². The fourth-order valence-corrected chi connectivity index (χ4v) is 5.07. The summed E-state index contributed by atoms with van der Waals surface area (Å²) in [6.07, 6.45) is 8.06. The minimum absolute atomic E-state index is 0.173. The first-order chi connectivity index (χ1) is 13.8. The zero-order chi connectivity index (χ0) is 19.0. The maximum absolute atomic E-state index is 12.4. The van der Waals surface area contributed by atoms with E-state index in [4.69, 9.17) is 0 Å². The highest BCUT2D eigenvalue weighted by Crippen LogP contribution is 2.47. The van der Waals surface area contributed by atoms with E-state index in [0.717, 1.165) is 32.6 Å². The largest absolute Gasteiger partial charge is 0.355 e. The summed E-state index contributed by atoms with van der Waals surface area (Å²) in [6, 6.07) is 19.2. The van der Waals surface area contributed by atoms with Crippen LogP contribution >= 0.6 is 0 Å². The number of piperidine rings is 1. The number of nitrogens with zero attached hydrogens (tertiary/aromatic N) is 1. The molecule has 1 heterocycles. The third kappa shape index (κ3) is 3.29. The Morgan fingerprint density at radius 1 is 1.04 bits per heavy atom. The number of amides is 1. The van der Waals surface area contributed by atoms with E-state index in [1.807, 2.05) is 6.07 Å². The van der Waals surface area contributed by atoms with Crippen LogP contribution in [-0.2, 0) is 10.2 Å². The lowest BCUT2D eigenvalue weighted by molar-refractivity contribution is -0.122. The second-order valence-corrected chi connectivity index (χ2v) is 8.57. The van der Waals surface area contributed by atoms with Crippen LogP contribution in [0.25, 0.3) is 6.08 Å². The van der Waals surface area contributed by atoms with Gasteiger partial charge in [-0.15, -0.1) is 0 Å². The number of likely N-dealkylation sites (tertiary alicyclic amines) is 1. The highest BCUT2D eigenvalue weighted by Gasteiger charge is 2.43. The fourth-order valence-electron chi connectivity index (χ4n) is 5.07. The van der Waals surface area contributed by atoms with Gasteiger partial charge < -0.3 is 10.2 Å². The van der Waals surface area contributed by atoms with E-state index in [1.54, 1.807) is 0 Å².